The van der Waals surface area contributed by atoms with Crippen LogP contribution < -0.4 is 5.56 Å². The average Bonchev–Trinajstić information content (AvgIpc) is 3.24. The maximum absolute atomic E-state index is 13.4. The van der Waals surface area contributed by atoms with Gasteiger partial charge in [0.15, 0.2) is 17.9 Å². The van der Waals surface area contributed by atoms with Crippen molar-refractivity contribution >= 4 is 16.1 Å². The average molecular weight is 634 g/mol. The van der Waals surface area contributed by atoms with Gasteiger partial charge in [-0.1, -0.05) is 84.4 Å². The van der Waals surface area contributed by atoms with E-state index in [9.17, 15) is 23.1 Å². The highest BCUT2D eigenvalue weighted by molar-refractivity contribution is 7.86. The van der Waals surface area contributed by atoms with Crippen LogP contribution in [-0.2, 0) is 46.3 Å². The molecule has 45 heavy (non-hydrogen) atoms. The number of aromatic nitrogens is 1. The van der Waals surface area contributed by atoms with E-state index in [0.29, 0.717) is 5.56 Å². The summed E-state index contributed by atoms with van der Waals surface area (Å²) in [6.07, 6.45) is -1.55. The number of esters is 1. The van der Waals surface area contributed by atoms with Crippen molar-refractivity contribution in [1.29, 1.82) is 0 Å². The van der Waals surface area contributed by atoms with Gasteiger partial charge in [0.25, 0.3) is 15.7 Å². The monoisotopic (exact) mass is 633 g/mol. The maximum Gasteiger partial charge on any atom is 0.303 e. The fourth-order valence-corrected chi connectivity index (χ4v) is 6.41. The molecule has 1 aliphatic rings. The molecule has 0 spiro atoms. The number of carbonyl (C=O) groups is 1. The van der Waals surface area contributed by atoms with Crippen molar-refractivity contribution in [1.82, 2.24) is 4.57 Å². The number of ether oxygens (including phenoxy) is 3. The first-order valence-electron chi connectivity index (χ1n) is 14.4. The molecule has 1 aromatic heterocycles. The third-order valence-corrected chi connectivity index (χ3v) is 9.08. The van der Waals surface area contributed by atoms with Gasteiger partial charge in [0.2, 0.25) is 0 Å². The molecule has 1 saturated heterocycles. The molecule has 3 aromatic carbocycles. The molecule has 11 heteroatoms. The molecular formula is C34H35NO9S. The molecule has 0 bridgehead atoms. The van der Waals surface area contributed by atoms with Crippen LogP contribution in [-0.4, -0.2) is 54.6 Å². The van der Waals surface area contributed by atoms with E-state index in [0.717, 1.165) is 11.1 Å². The summed E-state index contributed by atoms with van der Waals surface area (Å²) in [7, 11) is -4.36. The fraction of sp³-hybridized carbons (Fsp3) is 0.294. The number of benzene rings is 3. The molecule has 0 amide bonds. The Morgan fingerprint density at radius 1 is 0.889 bits per heavy atom. The second-order valence-electron chi connectivity index (χ2n) is 11.1. The van der Waals surface area contributed by atoms with Crippen LogP contribution in [0, 0.1) is 6.92 Å². The summed E-state index contributed by atoms with van der Waals surface area (Å²) < 4.78 is 52.0. The molecule has 0 aliphatic carbocycles. The Kier molecular flexibility index (Phi) is 9.66. The number of aliphatic hydroxyl groups is 1. The summed E-state index contributed by atoms with van der Waals surface area (Å²) in [4.78, 5) is 25.5. The Hall–Kier alpha value is -4.13. The van der Waals surface area contributed by atoms with Gasteiger partial charge in [0, 0.05) is 25.6 Å². The van der Waals surface area contributed by atoms with Crippen molar-refractivity contribution in [2.75, 3.05) is 13.2 Å². The molecule has 0 unspecified atom stereocenters. The largest absolute Gasteiger partial charge is 0.454 e. The van der Waals surface area contributed by atoms with Gasteiger partial charge in [-0.25, -0.2) is 0 Å². The fourth-order valence-electron chi connectivity index (χ4n) is 5.46. The molecule has 1 fully saturated rings. The number of aryl methyl sites for hydroxylation is 1. The van der Waals surface area contributed by atoms with Crippen LogP contribution in [0.4, 0.5) is 0 Å². The number of nitrogens with zero attached hydrogens (tertiary/aromatic N) is 1. The van der Waals surface area contributed by atoms with E-state index in [-0.39, 0.29) is 24.5 Å². The van der Waals surface area contributed by atoms with E-state index in [1.54, 1.807) is 42.5 Å². The lowest BCUT2D eigenvalue weighted by Gasteiger charge is -2.41. The van der Waals surface area contributed by atoms with E-state index in [1.165, 1.54) is 42.0 Å². The van der Waals surface area contributed by atoms with E-state index in [4.69, 9.17) is 18.4 Å². The molecule has 0 saturated carbocycles. The number of pyridine rings is 1. The number of rotatable bonds is 12. The topological polar surface area (TPSA) is 130 Å². The van der Waals surface area contributed by atoms with Crippen molar-refractivity contribution in [3.05, 3.63) is 136 Å². The van der Waals surface area contributed by atoms with Gasteiger partial charge in [-0.2, -0.15) is 8.42 Å². The number of carbonyl (C=O) groups excluding carboxylic acids is 1. The molecule has 1 aliphatic heterocycles. The maximum atomic E-state index is 13.4. The first kappa shape index (κ1) is 32.3. The van der Waals surface area contributed by atoms with Crippen molar-refractivity contribution in [2.24, 2.45) is 0 Å². The minimum absolute atomic E-state index is 0.0895. The molecule has 236 valence electrons. The highest BCUT2D eigenvalue weighted by atomic mass is 32.2. The molecular weight excluding hydrogens is 598 g/mol. The summed E-state index contributed by atoms with van der Waals surface area (Å²) in [6, 6.07) is 28.7. The zero-order chi connectivity index (χ0) is 32.1. The highest BCUT2D eigenvalue weighted by Gasteiger charge is 2.68. The summed E-state index contributed by atoms with van der Waals surface area (Å²) in [5, 5.41) is 12.8. The molecule has 5 rings (SSSR count). The van der Waals surface area contributed by atoms with Crippen molar-refractivity contribution in [3.8, 4) is 0 Å². The van der Waals surface area contributed by atoms with Crippen molar-refractivity contribution < 1.29 is 36.7 Å². The Morgan fingerprint density at radius 3 is 2.13 bits per heavy atom. The predicted octanol–water partition coefficient (Wildman–Crippen LogP) is 3.95. The highest BCUT2D eigenvalue weighted by Crippen LogP contribution is 2.49. The molecule has 0 radical (unpaired) electrons. The van der Waals surface area contributed by atoms with Gasteiger partial charge in [-0.05, 0) is 36.2 Å². The first-order chi connectivity index (χ1) is 21.5. The first-order valence-corrected chi connectivity index (χ1v) is 15.8. The predicted molar refractivity (Wildman–Crippen MR) is 165 cm³/mol. The van der Waals surface area contributed by atoms with Crippen LogP contribution in [0.15, 0.2) is 119 Å². The third kappa shape index (κ3) is 7.08. The van der Waals surface area contributed by atoms with Crippen molar-refractivity contribution in [2.45, 2.75) is 55.3 Å². The lowest BCUT2D eigenvalue weighted by atomic mass is 9.76. The smallest absolute Gasteiger partial charge is 0.303 e. The van der Waals surface area contributed by atoms with Gasteiger partial charge in [-0.3, -0.25) is 18.3 Å². The van der Waals surface area contributed by atoms with E-state index >= 15 is 0 Å². The minimum Gasteiger partial charge on any atom is -0.454 e. The molecule has 4 atom stereocenters. The Morgan fingerprint density at radius 2 is 1.51 bits per heavy atom. The molecule has 4 aromatic rings. The minimum atomic E-state index is -4.36. The van der Waals surface area contributed by atoms with E-state index in [2.05, 4.69) is 0 Å². The standard InChI is InChI=1S/C34H35NO9S/c1-25-16-18-29(19-17-25)45(39,40)42-24-33(23-41-22-28-13-7-4-8-14-28)34(38,21-27-11-5-3-6-12-27)31(43-26(2)36)32(44-33)35-20-10-9-15-30(35)37/h3-20,31-32,38H,21-24H2,1-2H3/t31-,32+,33-,34-/m0/s1. The van der Waals surface area contributed by atoms with Crippen LogP contribution in [0.25, 0.3) is 0 Å². The Bertz CT molecular complexity index is 1760. The summed E-state index contributed by atoms with van der Waals surface area (Å²) in [5.74, 6) is -0.738. The summed E-state index contributed by atoms with van der Waals surface area (Å²) in [5.41, 5.74) is -2.30. The zero-order valence-electron chi connectivity index (χ0n) is 24.9. The van der Waals surface area contributed by atoms with Gasteiger partial charge >= 0.3 is 5.97 Å². The van der Waals surface area contributed by atoms with Crippen LogP contribution in [0.1, 0.15) is 29.8 Å². The van der Waals surface area contributed by atoms with Gasteiger partial charge in [-0.15, -0.1) is 0 Å². The van der Waals surface area contributed by atoms with Crippen molar-refractivity contribution in [3.63, 3.8) is 0 Å². The number of hydrogen-bond acceptors (Lipinski definition) is 9. The zero-order valence-corrected chi connectivity index (χ0v) is 25.8. The second kappa shape index (κ2) is 13.5. The Labute approximate surface area is 261 Å². The third-order valence-electron chi connectivity index (χ3n) is 7.80. The second-order valence-corrected chi connectivity index (χ2v) is 12.7. The summed E-state index contributed by atoms with van der Waals surface area (Å²) in [6.45, 7) is 1.99. The Balaban J connectivity index is 1.62. The van der Waals surface area contributed by atoms with Gasteiger partial charge < -0.3 is 19.3 Å². The lowest BCUT2D eigenvalue weighted by Crippen LogP contribution is -2.63. The lowest BCUT2D eigenvalue weighted by molar-refractivity contribution is -0.196. The SMILES string of the molecule is CC(=O)O[C@H]1[C@H](n2ccccc2=O)O[C@@](COCc2ccccc2)(COS(=O)(=O)c2ccc(C)cc2)[C@]1(O)Cc1ccccc1. The van der Waals surface area contributed by atoms with Gasteiger partial charge in [0.1, 0.15) is 12.2 Å². The van der Waals surface area contributed by atoms with Crippen LogP contribution >= 0.6 is 0 Å². The van der Waals surface area contributed by atoms with Crippen LogP contribution in [0.5, 0.6) is 0 Å². The molecule has 10 nitrogen and oxygen atoms in total. The van der Waals surface area contributed by atoms with E-state index < -0.39 is 51.8 Å². The van der Waals surface area contributed by atoms with Crippen LogP contribution in [0.2, 0.25) is 0 Å². The molecule has 2 heterocycles. The number of hydrogen-bond donors (Lipinski definition) is 1. The van der Waals surface area contributed by atoms with Gasteiger partial charge in [0.05, 0.1) is 18.1 Å². The normalized spacial score (nSPS) is 23.1. The van der Waals surface area contributed by atoms with Crippen LogP contribution in [0.3, 0.4) is 0 Å². The van der Waals surface area contributed by atoms with E-state index in [1.807, 2.05) is 43.3 Å². The quantitative estimate of drug-likeness (QED) is 0.182. The molecule has 1 N–H and O–H groups in total. The summed E-state index contributed by atoms with van der Waals surface area (Å²) >= 11 is 0.